The van der Waals surface area contributed by atoms with Gasteiger partial charge in [0, 0.05) is 34.5 Å². The molecule has 0 N–H and O–H groups in total. The van der Waals surface area contributed by atoms with E-state index in [1.54, 1.807) is 0 Å². The van der Waals surface area contributed by atoms with Crippen LogP contribution in [0.15, 0.2) is 29.2 Å². The topological polar surface area (TPSA) is 40.1 Å². The Hall–Kier alpha value is 0.260. The van der Waals surface area contributed by atoms with E-state index in [2.05, 4.69) is 0 Å². The Morgan fingerprint density at radius 3 is 2.09 bits per heavy atom. The summed E-state index contributed by atoms with van der Waals surface area (Å²) in [6.45, 7) is 0. The van der Waals surface area contributed by atoms with Gasteiger partial charge in [-0.25, -0.2) is 4.39 Å². The Labute approximate surface area is 88.4 Å². The third-order valence-corrected chi connectivity index (χ3v) is 1.66. The largest absolute Gasteiger partial charge is 0.768 e. The quantitative estimate of drug-likeness (QED) is 0.473. The molecule has 0 aliphatic rings. The van der Waals surface area contributed by atoms with E-state index in [1.165, 1.54) is 12.1 Å². The first-order valence-electron chi connectivity index (χ1n) is 2.55. The number of benzene rings is 1. The molecular weight excluding hydrogens is 178 g/mol. The molecule has 0 spiro atoms. The molecule has 0 saturated carbocycles. The van der Waals surface area contributed by atoms with E-state index in [9.17, 15) is 13.2 Å². The van der Waals surface area contributed by atoms with Gasteiger partial charge in [0.05, 0.1) is 0 Å². The van der Waals surface area contributed by atoms with Crippen molar-refractivity contribution in [2.24, 2.45) is 0 Å². The molecule has 0 heterocycles. The monoisotopic (exact) mass is 182 g/mol. The van der Waals surface area contributed by atoms with E-state index in [0.29, 0.717) is 0 Å². The van der Waals surface area contributed by atoms with Crippen LogP contribution >= 0.6 is 0 Å². The normalized spacial score (nSPS) is 11.8. The summed E-state index contributed by atoms with van der Waals surface area (Å²) >= 11 is -2.25. The van der Waals surface area contributed by atoms with Crippen LogP contribution in [0, 0.1) is 5.82 Å². The number of hydrogen-bond donors (Lipinski definition) is 0. The van der Waals surface area contributed by atoms with Crippen LogP contribution in [-0.2, 0) is 11.1 Å². The molecule has 0 saturated heterocycles. The van der Waals surface area contributed by atoms with E-state index in [0.717, 1.165) is 12.1 Å². The van der Waals surface area contributed by atoms with Crippen LogP contribution in [0.4, 0.5) is 4.39 Å². The second-order valence-corrected chi connectivity index (χ2v) is 2.63. The molecule has 0 bridgehead atoms. The van der Waals surface area contributed by atoms with Crippen molar-refractivity contribution in [1.82, 2.24) is 0 Å². The average Bonchev–Trinajstić information content (AvgIpc) is 1.88. The van der Waals surface area contributed by atoms with Crippen molar-refractivity contribution in [3.05, 3.63) is 30.1 Å². The molecule has 2 nitrogen and oxygen atoms in total. The van der Waals surface area contributed by atoms with Gasteiger partial charge in [-0.15, -0.1) is 0 Å². The average molecular weight is 182 g/mol. The summed E-state index contributed by atoms with van der Waals surface area (Å²) in [4.78, 5) is 0.0985. The summed E-state index contributed by atoms with van der Waals surface area (Å²) in [5.74, 6) is -0.436. The van der Waals surface area contributed by atoms with Gasteiger partial charge in [0.1, 0.15) is 5.82 Å². The molecule has 5 heteroatoms. The molecule has 0 amide bonds. The minimum absolute atomic E-state index is 0. The van der Waals surface area contributed by atoms with Crippen LogP contribution < -0.4 is 0 Å². The maximum atomic E-state index is 12.1. The van der Waals surface area contributed by atoms with Crippen molar-refractivity contribution in [1.29, 1.82) is 0 Å². The molecule has 1 radical (unpaired) electrons. The van der Waals surface area contributed by atoms with Crippen LogP contribution in [0.25, 0.3) is 0 Å². The second-order valence-electron chi connectivity index (χ2n) is 1.69. The van der Waals surface area contributed by atoms with Gasteiger partial charge in [0.2, 0.25) is 0 Å². The van der Waals surface area contributed by atoms with Gasteiger partial charge >= 0.3 is 0 Å². The molecule has 0 aromatic heterocycles. The maximum Gasteiger partial charge on any atom is 0.123 e. The Bertz CT molecular complexity index is 249. The van der Waals surface area contributed by atoms with Crippen molar-refractivity contribution in [3.8, 4) is 0 Å². The molecule has 1 aromatic rings. The third-order valence-electron chi connectivity index (χ3n) is 1.01. The maximum absolute atomic E-state index is 12.1. The summed E-state index contributed by atoms with van der Waals surface area (Å²) in [6.07, 6.45) is 0. The first-order valence-corrected chi connectivity index (χ1v) is 3.62. The van der Waals surface area contributed by atoms with Crippen LogP contribution in [0.5, 0.6) is 0 Å². The van der Waals surface area contributed by atoms with Gasteiger partial charge in [-0.05, 0) is 35.3 Å². The summed E-state index contributed by atoms with van der Waals surface area (Å²) in [7, 11) is 0. The SMILES string of the molecule is O=S([O-])c1ccc(F)cc1.[Na]. The zero-order valence-electron chi connectivity index (χ0n) is 5.91. The van der Waals surface area contributed by atoms with Gasteiger partial charge < -0.3 is 4.55 Å². The van der Waals surface area contributed by atoms with Crippen molar-refractivity contribution in [2.75, 3.05) is 0 Å². The predicted molar refractivity (Wildman–Crippen MR) is 39.3 cm³/mol. The van der Waals surface area contributed by atoms with E-state index >= 15 is 0 Å². The molecule has 0 fully saturated rings. The molecule has 1 atom stereocenters. The zero-order chi connectivity index (χ0) is 7.56. The molecule has 55 valence electrons. The number of halogens is 1. The fourth-order valence-electron chi connectivity index (χ4n) is 0.546. The molecule has 1 rings (SSSR count). The minimum Gasteiger partial charge on any atom is -0.768 e. The summed E-state index contributed by atoms with van der Waals surface area (Å²) < 4.78 is 32.5. The first kappa shape index (κ1) is 11.3. The number of rotatable bonds is 1. The van der Waals surface area contributed by atoms with Gasteiger partial charge in [-0.1, -0.05) is 0 Å². The number of hydrogen-bond acceptors (Lipinski definition) is 2. The molecule has 11 heavy (non-hydrogen) atoms. The van der Waals surface area contributed by atoms with Crippen molar-refractivity contribution in [3.63, 3.8) is 0 Å². The van der Waals surface area contributed by atoms with Gasteiger partial charge in [0.25, 0.3) is 0 Å². The smallest absolute Gasteiger partial charge is 0.123 e. The molecular formula is C6H4FNaO2S-. The van der Waals surface area contributed by atoms with Crippen LogP contribution in [0.2, 0.25) is 0 Å². The van der Waals surface area contributed by atoms with Crippen LogP contribution in [0.1, 0.15) is 0 Å². The predicted octanol–water partition coefficient (Wildman–Crippen LogP) is 0.683. The molecule has 1 aromatic carbocycles. The zero-order valence-corrected chi connectivity index (χ0v) is 8.73. The van der Waals surface area contributed by atoms with Gasteiger partial charge in [-0.2, -0.15) is 0 Å². The Morgan fingerprint density at radius 2 is 1.73 bits per heavy atom. The molecule has 0 aliphatic heterocycles. The minimum atomic E-state index is -2.25. The Morgan fingerprint density at radius 1 is 1.27 bits per heavy atom. The fourth-order valence-corrected chi connectivity index (χ4v) is 0.904. The van der Waals surface area contributed by atoms with E-state index in [1.807, 2.05) is 0 Å². The third kappa shape index (κ3) is 3.44. The van der Waals surface area contributed by atoms with Crippen molar-refractivity contribution >= 4 is 40.6 Å². The summed E-state index contributed by atoms with van der Waals surface area (Å²) in [6, 6.07) is 4.62. The Balaban J connectivity index is 0.000001000. The molecule has 1 unspecified atom stereocenters. The van der Waals surface area contributed by atoms with E-state index < -0.39 is 16.9 Å². The fraction of sp³-hybridized carbons (Fsp3) is 0. The Kier molecular flexibility index (Phi) is 5.12. The van der Waals surface area contributed by atoms with Crippen LogP contribution in [-0.4, -0.2) is 38.3 Å². The van der Waals surface area contributed by atoms with Gasteiger partial charge in [-0.3, -0.25) is 4.21 Å². The standard InChI is InChI=1S/C6H5FO2S.Na/c7-5-1-3-6(4-2-5)10(8)9;/h1-4H,(H,8,9);/p-1. The van der Waals surface area contributed by atoms with Crippen molar-refractivity contribution < 1.29 is 13.2 Å². The van der Waals surface area contributed by atoms with Gasteiger partial charge in [0.15, 0.2) is 0 Å². The summed E-state index contributed by atoms with van der Waals surface area (Å²) in [5.41, 5.74) is 0. The van der Waals surface area contributed by atoms with Crippen molar-refractivity contribution in [2.45, 2.75) is 4.90 Å². The summed E-state index contributed by atoms with van der Waals surface area (Å²) in [5, 5.41) is 0. The van der Waals surface area contributed by atoms with E-state index in [4.69, 9.17) is 0 Å². The van der Waals surface area contributed by atoms with E-state index in [-0.39, 0.29) is 34.5 Å². The van der Waals surface area contributed by atoms with Crippen LogP contribution in [0.3, 0.4) is 0 Å². The second kappa shape index (κ2) is 5.00. The first-order chi connectivity index (χ1) is 4.70. The molecule has 0 aliphatic carbocycles.